The van der Waals surface area contributed by atoms with E-state index in [0.717, 1.165) is 43.9 Å². The number of nitrogens with zero attached hydrogens (tertiary/aromatic N) is 5. The topological polar surface area (TPSA) is 111 Å². The lowest BCUT2D eigenvalue weighted by Gasteiger charge is -2.34. The number of aromatic nitrogens is 2. The highest BCUT2D eigenvalue weighted by atomic mass is 16.5. The van der Waals surface area contributed by atoms with Crippen LogP contribution in [-0.2, 0) is 17.9 Å². The largest absolute Gasteiger partial charge is 0.504 e. The van der Waals surface area contributed by atoms with Crippen molar-refractivity contribution in [3.05, 3.63) is 83.3 Å². The van der Waals surface area contributed by atoms with Crippen molar-refractivity contribution in [1.82, 2.24) is 25.1 Å². The molecule has 0 unspecified atom stereocenters. The van der Waals surface area contributed by atoms with Crippen LogP contribution >= 0.6 is 0 Å². The van der Waals surface area contributed by atoms with Crippen molar-refractivity contribution < 1.29 is 19.4 Å². The molecule has 3 aromatic rings. The van der Waals surface area contributed by atoms with Gasteiger partial charge in [0.05, 0.1) is 19.3 Å². The standard InChI is InChI=1S/C27H28N6O4/c1-37-24-8-7-20(15-23(24)34)17-31-11-13-32(14-12-31)26-28-10-9-21(29-26)16-22-25(35)30-27(36)33(22)18-19-5-3-2-4-6-19/h2-10,15-16,34H,11-14,17-18H2,1H3,(H,30,35,36). The number of nitrogens with one attached hydrogen (secondary N) is 1. The van der Waals surface area contributed by atoms with Crippen molar-refractivity contribution in [1.29, 1.82) is 0 Å². The highest BCUT2D eigenvalue weighted by molar-refractivity contribution is 6.13. The number of benzene rings is 2. The van der Waals surface area contributed by atoms with Crippen LogP contribution in [-0.4, -0.2) is 70.1 Å². The number of carbonyl (C=O) groups excluding carboxylic acids is 2. The summed E-state index contributed by atoms with van der Waals surface area (Å²) >= 11 is 0. The number of aromatic hydroxyl groups is 1. The van der Waals surface area contributed by atoms with E-state index < -0.39 is 11.9 Å². The molecule has 2 N–H and O–H groups in total. The molecule has 190 valence electrons. The number of phenolic OH excluding ortho intramolecular Hbond substituents is 1. The monoisotopic (exact) mass is 500 g/mol. The number of hydrogen-bond acceptors (Lipinski definition) is 8. The number of imide groups is 1. The molecule has 0 saturated carbocycles. The number of ether oxygens (including phenoxy) is 1. The number of carbonyl (C=O) groups is 2. The summed E-state index contributed by atoms with van der Waals surface area (Å²) in [6.07, 6.45) is 3.29. The molecule has 3 amide bonds. The lowest BCUT2D eigenvalue weighted by atomic mass is 10.1. The fraction of sp³-hybridized carbons (Fsp3) is 0.259. The first-order valence-corrected chi connectivity index (χ1v) is 12.0. The van der Waals surface area contributed by atoms with Crippen LogP contribution in [0.15, 0.2) is 66.5 Å². The van der Waals surface area contributed by atoms with Crippen LogP contribution in [0.25, 0.3) is 6.08 Å². The number of methoxy groups -OCH3 is 1. The van der Waals surface area contributed by atoms with E-state index in [2.05, 4.69) is 25.1 Å². The van der Waals surface area contributed by atoms with Gasteiger partial charge in [-0.15, -0.1) is 0 Å². The Morgan fingerprint density at radius 3 is 2.51 bits per heavy atom. The molecule has 0 radical (unpaired) electrons. The normalized spacial score (nSPS) is 17.4. The summed E-state index contributed by atoms with van der Waals surface area (Å²) in [5.41, 5.74) is 2.75. The van der Waals surface area contributed by atoms with Crippen LogP contribution in [0.2, 0.25) is 0 Å². The van der Waals surface area contributed by atoms with Gasteiger partial charge >= 0.3 is 6.03 Å². The van der Waals surface area contributed by atoms with Crippen molar-refractivity contribution in [3.8, 4) is 11.5 Å². The van der Waals surface area contributed by atoms with Crippen LogP contribution in [0.3, 0.4) is 0 Å². The molecule has 10 heteroatoms. The SMILES string of the molecule is COc1ccc(CN2CCN(c3nccc(C=C4C(=O)NC(=O)N4Cc4ccccc4)n3)CC2)cc1O. The number of phenols is 1. The molecule has 2 aliphatic rings. The third-order valence-electron chi connectivity index (χ3n) is 6.43. The molecule has 1 aromatic heterocycles. The number of urea groups is 1. The molecule has 0 spiro atoms. The second-order valence-electron chi connectivity index (χ2n) is 8.91. The lowest BCUT2D eigenvalue weighted by molar-refractivity contribution is -0.116. The third kappa shape index (κ3) is 5.54. The molecule has 2 fully saturated rings. The van der Waals surface area contributed by atoms with Gasteiger partial charge in [-0.05, 0) is 35.4 Å². The van der Waals surface area contributed by atoms with Gasteiger partial charge in [-0.3, -0.25) is 19.9 Å². The van der Waals surface area contributed by atoms with E-state index in [1.807, 2.05) is 36.4 Å². The Balaban J connectivity index is 1.25. The van der Waals surface area contributed by atoms with E-state index in [9.17, 15) is 14.7 Å². The number of rotatable bonds is 7. The van der Waals surface area contributed by atoms with E-state index in [1.54, 1.807) is 30.5 Å². The summed E-state index contributed by atoms with van der Waals surface area (Å²) in [7, 11) is 1.53. The van der Waals surface area contributed by atoms with Gasteiger partial charge in [0, 0.05) is 38.9 Å². The fourth-order valence-corrected chi connectivity index (χ4v) is 4.46. The first-order valence-electron chi connectivity index (χ1n) is 12.0. The highest BCUT2D eigenvalue weighted by Gasteiger charge is 2.33. The second kappa shape index (κ2) is 10.7. The molecular formula is C27H28N6O4. The van der Waals surface area contributed by atoms with Gasteiger partial charge in [-0.25, -0.2) is 14.8 Å². The highest BCUT2D eigenvalue weighted by Crippen LogP contribution is 2.27. The van der Waals surface area contributed by atoms with Crippen LogP contribution < -0.4 is 15.0 Å². The smallest absolute Gasteiger partial charge is 0.329 e. The summed E-state index contributed by atoms with van der Waals surface area (Å²) in [6, 6.07) is 16.2. The van der Waals surface area contributed by atoms with Crippen molar-refractivity contribution in [3.63, 3.8) is 0 Å². The molecule has 3 heterocycles. The number of hydrogen-bond donors (Lipinski definition) is 2. The average Bonchev–Trinajstić information content (AvgIpc) is 3.17. The summed E-state index contributed by atoms with van der Waals surface area (Å²) in [4.78, 5) is 39.8. The number of piperazine rings is 1. The molecule has 37 heavy (non-hydrogen) atoms. The molecule has 2 aliphatic heterocycles. The minimum absolute atomic E-state index is 0.137. The first kappa shape index (κ1) is 24.3. The predicted molar refractivity (Wildman–Crippen MR) is 138 cm³/mol. The Labute approximate surface area is 214 Å². The zero-order valence-electron chi connectivity index (χ0n) is 20.5. The van der Waals surface area contributed by atoms with Gasteiger partial charge in [-0.1, -0.05) is 36.4 Å². The van der Waals surface area contributed by atoms with E-state index >= 15 is 0 Å². The quantitative estimate of drug-likeness (QED) is 0.376. The Morgan fingerprint density at radius 2 is 1.78 bits per heavy atom. The van der Waals surface area contributed by atoms with Crippen LogP contribution in [0.5, 0.6) is 11.5 Å². The van der Waals surface area contributed by atoms with Gasteiger partial charge in [0.2, 0.25) is 5.95 Å². The van der Waals surface area contributed by atoms with Gasteiger partial charge < -0.3 is 14.7 Å². The Bertz CT molecular complexity index is 1320. The summed E-state index contributed by atoms with van der Waals surface area (Å²) in [5.74, 6) is 0.732. The molecule has 5 rings (SSSR count). The van der Waals surface area contributed by atoms with E-state index in [4.69, 9.17) is 4.74 Å². The van der Waals surface area contributed by atoms with Crippen LogP contribution in [0.1, 0.15) is 16.8 Å². The molecule has 0 atom stereocenters. The fourth-order valence-electron chi connectivity index (χ4n) is 4.46. The maximum absolute atomic E-state index is 12.5. The molecule has 2 aromatic carbocycles. The third-order valence-corrected chi connectivity index (χ3v) is 6.43. The summed E-state index contributed by atoms with van der Waals surface area (Å²) in [6.45, 7) is 4.10. The van der Waals surface area contributed by atoms with Gasteiger partial charge in [0.15, 0.2) is 11.5 Å². The van der Waals surface area contributed by atoms with Crippen molar-refractivity contribution >= 4 is 24.0 Å². The van der Waals surface area contributed by atoms with Crippen molar-refractivity contribution in [2.24, 2.45) is 0 Å². The lowest BCUT2D eigenvalue weighted by Crippen LogP contribution is -2.46. The van der Waals surface area contributed by atoms with Crippen LogP contribution in [0.4, 0.5) is 10.7 Å². The molecule has 0 bridgehead atoms. The van der Waals surface area contributed by atoms with E-state index in [0.29, 0.717) is 17.4 Å². The summed E-state index contributed by atoms with van der Waals surface area (Å²) in [5, 5.41) is 12.4. The van der Waals surface area contributed by atoms with Gasteiger partial charge in [0.25, 0.3) is 5.91 Å². The molecule has 10 nitrogen and oxygen atoms in total. The predicted octanol–water partition coefficient (Wildman–Crippen LogP) is 2.61. The number of anilines is 1. The molecule has 0 aliphatic carbocycles. The zero-order chi connectivity index (χ0) is 25.8. The molecule has 2 saturated heterocycles. The summed E-state index contributed by atoms with van der Waals surface area (Å²) < 4.78 is 5.12. The number of amides is 3. The van der Waals surface area contributed by atoms with Gasteiger partial charge in [-0.2, -0.15) is 0 Å². The van der Waals surface area contributed by atoms with Gasteiger partial charge in [0.1, 0.15) is 5.70 Å². The molecular weight excluding hydrogens is 472 g/mol. The minimum Gasteiger partial charge on any atom is -0.504 e. The Hall–Kier alpha value is -4.44. The first-order chi connectivity index (χ1) is 18.0. The Kier molecular flexibility index (Phi) is 7.00. The van der Waals surface area contributed by atoms with Crippen molar-refractivity contribution in [2.75, 3.05) is 38.2 Å². The second-order valence-corrected chi connectivity index (χ2v) is 8.91. The maximum atomic E-state index is 12.5. The van der Waals surface area contributed by atoms with Crippen molar-refractivity contribution in [2.45, 2.75) is 13.1 Å². The van der Waals surface area contributed by atoms with E-state index in [-0.39, 0.29) is 18.0 Å². The zero-order valence-corrected chi connectivity index (χ0v) is 20.5. The van der Waals surface area contributed by atoms with Crippen LogP contribution in [0, 0.1) is 0 Å². The maximum Gasteiger partial charge on any atom is 0.329 e. The Morgan fingerprint density at radius 1 is 1.00 bits per heavy atom. The minimum atomic E-state index is -0.448. The van der Waals surface area contributed by atoms with E-state index in [1.165, 1.54) is 12.0 Å². The average molecular weight is 501 g/mol.